The Bertz CT molecular complexity index is 89.3. The van der Waals surface area contributed by atoms with Crippen LogP contribution in [0.3, 0.4) is 0 Å². The summed E-state index contributed by atoms with van der Waals surface area (Å²) in [6, 6.07) is 0. The van der Waals surface area contributed by atoms with Crippen molar-refractivity contribution in [2.75, 3.05) is 13.7 Å². The molecule has 0 aromatic rings. The van der Waals surface area contributed by atoms with Crippen molar-refractivity contribution in [2.45, 2.75) is 31.8 Å². The smallest absolute Gasteiger partial charge is 0.0954 e. The van der Waals surface area contributed by atoms with E-state index in [1.54, 1.807) is 7.11 Å². The Hall–Kier alpha value is -0.0800. The van der Waals surface area contributed by atoms with Crippen molar-refractivity contribution in [1.29, 1.82) is 0 Å². The van der Waals surface area contributed by atoms with Gasteiger partial charge in [-0.2, -0.15) is 0 Å². The first kappa shape index (κ1) is 8.02. The molecule has 0 saturated heterocycles. The second-order valence-electron chi connectivity index (χ2n) is 3.08. The van der Waals surface area contributed by atoms with Gasteiger partial charge in [-0.05, 0) is 12.3 Å². The average molecular weight is 143 g/mol. The topological polar surface area (TPSA) is 29.1 Å². The van der Waals surface area contributed by atoms with E-state index in [1.165, 1.54) is 12.8 Å². The van der Waals surface area contributed by atoms with Crippen LogP contribution in [0, 0.1) is 5.92 Å². The molecule has 0 bridgehead atoms. The molecule has 2 heteroatoms. The van der Waals surface area contributed by atoms with E-state index in [4.69, 9.17) is 4.74 Å². The van der Waals surface area contributed by atoms with Crippen LogP contribution in [-0.4, -0.2) is 19.8 Å². The highest BCUT2D eigenvalue weighted by Gasteiger charge is 2.24. The van der Waals surface area contributed by atoms with Crippen LogP contribution in [0.1, 0.15) is 25.7 Å². The van der Waals surface area contributed by atoms with Gasteiger partial charge in [0.25, 0.3) is 0 Å². The van der Waals surface area contributed by atoms with E-state index >= 15 is 0 Å². The summed E-state index contributed by atoms with van der Waals surface area (Å²) in [4.78, 5) is 0. The van der Waals surface area contributed by atoms with Gasteiger partial charge in [-0.3, -0.25) is 0 Å². The zero-order valence-corrected chi connectivity index (χ0v) is 6.51. The van der Waals surface area contributed by atoms with Crippen LogP contribution in [0.15, 0.2) is 0 Å². The molecular weight excluding hydrogens is 128 g/mol. The molecule has 0 spiro atoms. The van der Waals surface area contributed by atoms with Gasteiger partial charge in [-0.1, -0.05) is 12.8 Å². The van der Waals surface area contributed by atoms with Crippen LogP contribution >= 0.6 is 0 Å². The van der Waals surface area contributed by atoms with Crippen LogP contribution in [0.4, 0.5) is 0 Å². The molecule has 10 heavy (non-hydrogen) atoms. The van der Waals surface area contributed by atoms with E-state index in [9.17, 15) is 5.11 Å². The third-order valence-corrected chi connectivity index (χ3v) is 1.94. The summed E-state index contributed by atoms with van der Waals surface area (Å²) in [6.07, 6.45) is 3.76. The molecule has 1 rings (SSSR count). The Labute approximate surface area is 62.2 Å². The molecule has 0 N–H and O–H groups in total. The first-order chi connectivity index (χ1) is 4.83. The third kappa shape index (κ3) is 3.18. The van der Waals surface area contributed by atoms with Crippen molar-refractivity contribution in [3.8, 4) is 0 Å². The van der Waals surface area contributed by atoms with Gasteiger partial charge in [0.15, 0.2) is 0 Å². The Balaban J connectivity index is 1.91. The second-order valence-corrected chi connectivity index (χ2v) is 3.08. The van der Waals surface area contributed by atoms with E-state index in [0.717, 1.165) is 12.3 Å². The lowest BCUT2D eigenvalue weighted by Gasteiger charge is -2.04. The molecule has 0 heterocycles. The monoisotopic (exact) mass is 143 g/mol. The summed E-state index contributed by atoms with van der Waals surface area (Å²) in [6.45, 7) is 0.626. The van der Waals surface area contributed by atoms with Crippen LogP contribution < -0.4 is 0 Å². The van der Waals surface area contributed by atoms with Gasteiger partial charge in [0.05, 0.1) is 6.10 Å². The van der Waals surface area contributed by atoms with Crippen molar-refractivity contribution in [2.24, 2.45) is 5.92 Å². The zero-order valence-electron chi connectivity index (χ0n) is 6.51. The van der Waals surface area contributed by atoms with E-state index in [1.807, 2.05) is 0 Å². The minimum Gasteiger partial charge on any atom is -0.385 e. The lowest BCUT2D eigenvalue weighted by molar-refractivity contribution is 0.0442. The molecule has 59 valence electrons. The Morgan fingerprint density at radius 2 is 2.30 bits per heavy atom. The first-order valence-electron chi connectivity index (χ1n) is 3.97. The maximum absolute atomic E-state index is 11.1. The van der Waals surface area contributed by atoms with Gasteiger partial charge in [0.1, 0.15) is 0 Å². The summed E-state index contributed by atoms with van der Waals surface area (Å²) in [5, 5.41) is 11.1. The van der Waals surface area contributed by atoms with Gasteiger partial charge in [0, 0.05) is 20.1 Å². The predicted molar refractivity (Wildman–Crippen MR) is 38.3 cm³/mol. The Morgan fingerprint density at radius 3 is 2.80 bits per heavy atom. The maximum Gasteiger partial charge on any atom is 0.0954 e. The van der Waals surface area contributed by atoms with E-state index in [-0.39, 0.29) is 6.10 Å². The summed E-state index contributed by atoms with van der Waals surface area (Å²) in [5.74, 6) is 0.763. The fraction of sp³-hybridized carbons (Fsp3) is 1.00. The molecule has 1 aliphatic carbocycles. The van der Waals surface area contributed by atoms with Gasteiger partial charge < -0.3 is 4.74 Å². The van der Waals surface area contributed by atoms with Crippen molar-refractivity contribution >= 4 is 0 Å². The molecule has 1 unspecified atom stereocenters. The molecule has 2 nitrogen and oxygen atoms in total. The van der Waals surface area contributed by atoms with E-state index in [2.05, 4.69) is 0 Å². The SMILES string of the molecule is COCCC([O])CC1CC1. The minimum atomic E-state index is -0.368. The molecular formula is C8H15O2. The molecule has 1 fully saturated rings. The first-order valence-corrected chi connectivity index (χ1v) is 3.97. The Kier molecular flexibility index (Phi) is 3.16. The molecule has 1 radical (unpaired) electrons. The molecule has 1 saturated carbocycles. The highest BCUT2D eigenvalue weighted by atomic mass is 16.5. The van der Waals surface area contributed by atoms with Crippen molar-refractivity contribution in [1.82, 2.24) is 0 Å². The average Bonchev–Trinajstić information content (AvgIpc) is 2.67. The maximum atomic E-state index is 11.1. The van der Waals surface area contributed by atoms with Crippen LogP contribution in [0.5, 0.6) is 0 Å². The molecule has 0 amide bonds. The zero-order chi connectivity index (χ0) is 7.40. The minimum absolute atomic E-state index is 0.368. The van der Waals surface area contributed by atoms with Crippen molar-refractivity contribution in [3.63, 3.8) is 0 Å². The number of hydrogen-bond donors (Lipinski definition) is 0. The number of methoxy groups -OCH3 is 1. The van der Waals surface area contributed by atoms with E-state index in [0.29, 0.717) is 13.0 Å². The van der Waals surface area contributed by atoms with Crippen LogP contribution in [-0.2, 0) is 9.84 Å². The summed E-state index contributed by atoms with van der Waals surface area (Å²) >= 11 is 0. The highest BCUT2D eigenvalue weighted by Crippen LogP contribution is 2.34. The quantitative estimate of drug-likeness (QED) is 0.575. The summed E-state index contributed by atoms with van der Waals surface area (Å²) < 4.78 is 4.81. The van der Waals surface area contributed by atoms with Crippen molar-refractivity contribution in [3.05, 3.63) is 0 Å². The second kappa shape index (κ2) is 3.94. The number of ether oxygens (including phenoxy) is 1. The molecule has 0 aromatic carbocycles. The summed E-state index contributed by atoms with van der Waals surface area (Å²) in [5.41, 5.74) is 0. The fourth-order valence-electron chi connectivity index (χ4n) is 1.09. The van der Waals surface area contributed by atoms with E-state index < -0.39 is 0 Å². The number of hydrogen-bond acceptors (Lipinski definition) is 1. The lowest BCUT2D eigenvalue weighted by Crippen LogP contribution is -2.08. The molecule has 1 atom stereocenters. The Morgan fingerprint density at radius 1 is 1.60 bits per heavy atom. The fourth-order valence-corrected chi connectivity index (χ4v) is 1.09. The van der Waals surface area contributed by atoms with Crippen molar-refractivity contribution < 1.29 is 9.84 Å². The highest BCUT2D eigenvalue weighted by molar-refractivity contribution is 4.76. The molecule has 0 aliphatic heterocycles. The normalized spacial score (nSPS) is 21.0. The van der Waals surface area contributed by atoms with Gasteiger partial charge in [0.2, 0.25) is 0 Å². The van der Waals surface area contributed by atoms with Gasteiger partial charge in [-0.15, -0.1) is 0 Å². The van der Waals surface area contributed by atoms with Crippen LogP contribution in [0.2, 0.25) is 0 Å². The molecule has 0 aromatic heterocycles. The van der Waals surface area contributed by atoms with Gasteiger partial charge >= 0.3 is 0 Å². The van der Waals surface area contributed by atoms with Gasteiger partial charge in [-0.25, -0.2) is 5.11 Å². The number of rotatable bonds is 5. The molecule has 1 aliphatic rings. The third-order valence-electron chi connectivity index (χ3n) is 1.94. The van der Waals surface area contributed by atoms with Crippen LogP contribution in [0.25, 0.3) is 0 Å². The summed E-state index contributed by atoms with van der Waals surface area (Å²) in [7, 11) is 1.64. The standard InChI is InChI=1S/C8H15O2/c1-10-5-4-8(9)6-7-2-3-7/h7-8H,2-6H2,1H3. The predicted octanol–water partition coefficient (Wildman–Crippen LogP) is 1.62. The largest absolute Gasteiger partial charge is 0.385 e. The lowest BCUT2D eigenvalue weighted by atomic mass is 10.1.